The Hall–Kier alpha value is -1.17. The Bertz CT molecular complexity index is 333. The fraction of sp³-hybridized carbons (Fsp3) is 0.750. The molecule has 0 radical (unpaired) electrons. The van der Waals surface area contributed by atoms with Crippen LogP contribution >= 0.6 is 12.2 Å². The van der Waals surface area contributed by atoms with Gasteiger partial charge in [0.05, 0.1) is 0 Å². The summed E-state index contributed by atoms with van der Waals surface area (Å²) in [5, 5.41) is 2.64. The van der Waals surface area contributed by atoms with Crippen molar-refractivity contribution >= 4 is 29.1 Å². The second-order valence-corrected chi connectivity index (χ2v) is 5.60. The predicted molar refractivity (Wildman–Crippen MR) is 78.2 cm³/mol. The van der Waals surface area contributed by atoms with Gasteiger partial charge in [0.15, 0.2) is 0 Å². The zero-order valence-corrected chi connectivity index (χ0v) is 12.8. The third-order valence-corrected chi connectivity index (χ3v) is 2.24. The molecule has 0 aromatic carbocycles. The molecule has 0 fully saturated rings. The number of aliphatic imine (C=N–C) groups is 1. The van der Waals surface area contributed by atoms with Crippen LogP contribution in [0.3, 0.4) is 0 Å². The number of amidine groups is 1. The minimum atomic E-state index is -0.482. The quantitative estimate of drug-likeness (QED) is 0.486. The summed E-state index contributed by atoms with van der Waals surface area (Å²) in [6, 6.07) is 0. The number of nitrogens with zero attached hydrogens (tertiary/aromatic N) is 2. The fourth-order valence-corrected chi connectivity index (χ4v) is 1.16. The van der Waals surface area contributed by atoms with Gasteiger partial charge >= 0.3 is 6.09 Å². The van der Waals surface area contributed by atoms with E-state index in [2.05, 4.69) is 10.3 Å². The molecule has 0 saturated carbocycles. The zero-order chi connectivity index (χ0) is 14.3. The largest absolute Gasteiger partial charge is 0.444 e. The molecule has 0 bridgehead atoms. The van der Waals surface area contributed by atoms with Crippen LogP contribution in [0.2, 0.25) is 0 Å². The minimum Gasteiger partial charge on any atom is -0.444 e. The van der Waals surface area contributed by atoms with Crippen molar-refractivity contribution in [1.29, 1.82) is 0 Å². The molecule has 104 valence electrons. The van der Waals surface area contributed by atoms with E-state index in [4.69, 9.17) is 17.0 Å². The molecule has 0 rings (SSSR count). The fourth-order valence-electron chi connectivity index (χ4n) is 0.922. The molecular weight excluding hydrogens is 250 g/mol. The lowest BCUT2D eigenvalue weighted by Gasteiger charge is -2.19. The first-order valence-electron chi connectivity index (χ1n) is 5.84. The van der Waals surface area contributed by atoms with Gasteiger partial charge in [-0.1, -0.05) is 12.2 Å². The van der Waals surface area contributed by atoms with E-state index < -0.39 is 11.7 Å². The molecule has 0 spiro atoms. The van der Waals surface area contributed by atoms with Gasteiger partial charge in [0.1, 0.15) is 16.4 Å². The van der Waals surface area contributed by atoms with Gasteiger partial charge < -0.3 is 15.0 Å². The number of hydrogen-bond donors (Lipinski definition) is 1. The first-order valence-corrected chi connectivity index (χ1v) is 6.25. The van der Waals surface area contributed by atoms with Crippen molar-refractivity contribution in [3.8, 4) is 0 Å². The average Bonchev–Trinajstić information content (AvgIpc) is 2.14. The summed E-state index contributed by atoms with van der Waals surface area (Å²) in [6.07, 6.45) is 0.0957. The topological polar surface area (TPSA) is 53.9 Å². The Labute approximate surface area is 115 Å². The Balaban J connectivity index is 3.96. The van der Waals surface area contributed by atoms with Crippen LogP contribution in [0.4, 0.5) is 4.79 Å². The van der Waals surface area contributed by atoms with Crippen molar-refractivity contribution in [2.45, 2.75) is 39.7 Å². The van der Waals surface area contributed by atoms with E-state index in [9.17, 15) is 4.79 Å². The van der Waals surface area contributed by atoms with E-state index in [0.717, 1.165) is 5.84 Å². The molecule has 1 N–H and O–H groups in total. The van der Waals surface area contributed by atoms with Crippen LogP contribution in [0, 0.1) is 0 Å². The average molecular weight is 273 g/mol. The third-order valence-electron chi connectivity index (χ3n) is 1.94. The predicted octanol–water partition coefficient (Wildman–Crippen LogP) is 2.21. The minimum absolute atomic E-state index is 0.429. The van der Waals surface area contributed by atoms with Gasteiger partial charge in [-0.15, -0.1) is 0 Å². The summed E-state index contributed by atoms with van der Waals surface area (Å²) in [5.74, 6) is 0.845. The summed E-state index contributed by atoms with van der Waals surface area (Å²) >= 11 is 5.10. The Morgan fingerprint density at radius 2 is 1.94 bits per heavy atom. The van der Waals surface area contributed by atoms with Crippen LogP contribution < -0.4 is 5.32 Å². The van der Waals surface area contributed by atoms with Crippen LogP contribution in [-0.2, 0) is 4.74 Å². The normalized spacial score (nSPS) is 12.0. The smallest absolute Gasteiger partial charge is 0.407 e. The molecule has 0 aromatic heterocycles. The number of ether oxygens (including phenoxy) is 1. The number of hydrogen-bond acceptors (Lipinski definition) is 3. The number of rotatable bonds is 3. The summed E-state index contributed by atoms with van der Waals surface area (Å²) in [6.45, 7) is 7.78. The van der Waals surface area contributed by atoms with E-state index in [-0.39, 0.29) is 0 Å². The van der Waals surface area contributed by atoms with Gasteiger partial charge in [-0.2, -0.15) is 0 Å². The van der Waals surface area contributed by atoms with Crippen molar-refractivity contribution in [3.05, 3.63) is 0 Å². The highest BCUT2D eigenvalue weighted by atomic mass is 32.1. The molecule has 0 aromatic rings. The van der Waals surface area contributed by atoms with Crippen molar-refractivity contribution < 1.29 is 9.53 Å². The zero-order valence-electron chi connectivity index (χ0n) is 12.0. The van der Waals surface area contributed by atoms with Gasteiger partial charge in [0, 0.05) is 27.1 Å². The van der Waals surface area contributed by atoms with Crippen molar-refractivity contribution in [1.82, 2.24) is 10.2 Å². The number of carbonyl (C=O) groups is 1. The maximum Gasteiger partial charge on any atom is 0.407 e. The van der Waals surface area contributed by atoms with Crippen molar-refractivity contribution in [2.75, 3.05) is 20.6 Å². The Morgan fingerprint density at radius 1 is 1.39 bits per heavy atom. The molecule has 0 aliphatic carbocycles. The van der Waals surface area contributed by atoms with Gasteiger partial charge in [-0.05, 0) is 27.7 Å². The second kappa shape index (κ2) is 7.31. The van der Waals surface area contributed by atoms with E-state index >= 15 is 0 Å². The summed E-state index contributed by atoms with van der Waals surface area (Å²) in [7, 11) is 3.81. The molecular formula is C12H23N3O2S. The third kappa shape index (κ3) is 8.92. The van der Waals surface area contributed by atoms with Crippen molar-refractivity contribution in [2.24, 2.45) is 4.99 Å². The number of carbonyl (C=O) groups excluding carboxylic acids is 1. The first kappa shape index (κ1) is 16.8. The lowest BCUT2D eigenvalue weighted by Crippen LogP contribution is -2.33. The van der Waals surface area contributed by atoms with Crippen LogP contribution in [0.25, 0.3) is 0 Å². The molecule has 0 aliphatic heterocycles. The van der Waals surface area contributed by atoms with E-state index in [1.165, 1.54) is 0 Å². The maximum atomic E-state index is 11.3. The number of alkyl carbamates (subject to hydrolysis) is 1. The van der Waals surface area contributed by atoms with E-state index in [0.29, 0.717) is 18.0 Å². The van der Waals surface area contributed by atoms with Crippen molar-refractivity contribution in [3.63, 3.8) is 0 Å². The molecule has 18 heavy (non-hydrogen) atoms. The highest BCUT2D eigenvalue weighted by Crippen LogP contribution is 2.06. The maximum absolute atomic E-state index is 11.3. The standard InChI is InChI=1S/C12H23N3O2S/c1-9(15(5)6)14-10(18)7-8-13-11(16)17-12(2,3)4/h7-8H2,1-6H3,(H,13,16). The highest BCUT2D eigenvalue weighted by Gasteiger charge is 2.15. The van der Waals surface area contributed by atoms with Gasteiger partial charge in [-0.3, -0.25) is 0 Å². The Morgan fingerprint density at radius 3 is 2.39 bits per heavy atom. The summed E-state index contributed by atoms with van der Waals surface area (Å²) < 4.78 is 5.10. The monoisotopic (exact) mass is 273 g/mol. The molecule has 0 saturated heterocycles. The van der Waals surface area contributed by atoms with Gasteiger partial charge in [-0.25, -0.2) is 9.79 Å². The second-order valence-electron chi connectivity index (χ2n) is 5.13. The molecule has 6 heteroatoms. The molecule has 0 atom stereocenters. The molecule has 0 aliphatic rings. The molecule has 5 nitrogen and oxygen atoms in total. The van der Waals surface area contributed by atoms with Crippen LogP contribution in [-0.4, -0.2) is 48.1 Å². The SMILES string of the molecule is CC(=NC(=S)CCNC(=O)OC(C)(C)C)N(C)C. The van der Waals surface area contributed by atoms with Crippen LogP contribution in [0.5, 0.6) is 0 Å². The van der Waals surface area contributed by atoms with Gasteiger partial charge in [0.2, 0.25) is 0 Å². The Kier molecular flexibility index (Phi) is 6.83. The number of amides is 1. The first-order chi connectivity index (χ1) is 8.11. The molecule has 0 unspecified atom stereocenters. The van der Waals surface area contributed by atoms with Crippen LogP contribution in [0.1, 0.15) is 34.1 Å². The van der Waals surface area contributed by atoms with E-state index in [1.54, 1.807) is 0 Å². The lowest BCUT2D eigenvalue weighted by molar-refractivity contribution is 0.0529. The van der Waals surface area contributed by atoms with Gasteiger partial charge in [0.25, 0.3) is 0 Å². The summed E-state index contributed by atoms with van der Waals surface area (Å²) in [4.78, 5) is 18.0. The van der Waals surface area contributed by atoms with E-state index in [1.807, 2.05) is 46.7 Å². The summed E-state index contributed by atoms with van der Waals surface area (Å²) in [5.41, 5.74) is -0.482. The molecule has 0 heterocycles. The highest BCUT2D eigenvalue weighted by molar-refractivity contribution is 7.80. The van der Waals surface area contributed by atoms with Crippen LogP contribution in [0.15, 0.2) is 4.99 Å². The molecule has 1 amide bonds. The number of thiocarbonyl (C=S) groups is 1. The number of nitrogens with one attached hydrogen (secondary N) is 1. The lowest BCUT2D eigenvalue weighted by atomic mass is 10.2.